The molecule has 0 saturated carbocycles. The van der Waals surface area contributed by atoms with Crippen molar-refractivity contribution in [2.45, 2.75) is 0 Å². The summed E-state index contributed by atoms with van der Waals surface area (Å²) in [4.78, 5) is 3.56. The highest BCUT2D eigenvalue weighted by molar-refractivity contribution is 4.56. The molecule has 2 heteroatoms. The summed E-state index contributed by atoms with van der Waals surface area (Å²) in [5, 5.41) is 0. The Morgan fingerprint density at radius 1 is 1.50 bits per heavy atom. The third kappa shape index (κ3) is 0.885. The molecule has 0 spiro atoms. The Morgan fingerprint density at radius 3 is 2.50 bits per heavy atom. The molecule has 0 N–H and O–H groups in total. The van der Waals surface area contributed by atoms with Crippen LogP contribution in [-0.2, 0) is 0 Å². The predicted octanol–water partition coefficient (Wildman–Crippen LogP) is 0.756. The van der Waals surface area contributed by atoms with Crippen molar-refractivity contribution in [1.82, 2.24) is 4.98 Å². The first-order chi connectivity index (χ1) is 2.50. The maximum absolute atomic E-state index is 4.47. The van der Waals surface area contributed by atoms with Gasteiger partial charge in [0.25, 0.3) is 0 Å². The molecular formula is C4H3NO. The molecule has 6 heavy (non-hydrogen) atoms. The van der Waals surface area contributed by atoms with Gasteiger partial charge in [0.05, 0.1) is 6.20 Å². The van der Waals surface area contributed by atoms with Gasteiger partial charge < -0.3 is 4.42 Å². The van der Waals surface area contributed by atoms with Gasteiger partial charge in [0.1, 0.15) is 6.26 Å². The van der Waals surface area contributed by atoms with Gasteiger partial charge in [0, 0.05) is 7.43 Å². The van der Waals surface area contributed by atoms with Gasteiger partial charge in [-0.1, -0.05) is 0 Å². The average Bonchev–Trinajstić information content (AvgIpc) is 1.76. The summed E-state index contributed by atoms with van der Waals surface area (Å²) >= 11 is 0. The highest BCUT2D eigenvalue weighted by atomic mass is 16.3. The molecule has 1 aromatic rings. The Balaban J connectivity index is 0.000000250. The summed E-state index contributed by atoms with van der Waals surface area (Å²) in [6.07, 6.45) is 4.47. The second-order valence-corrected chi connectivity index (χ2v) is 0.676. The highest BCUT2D eigenvalue weighted by Gasteiger charge is 1.59. The predicted molar refractivity (Wildman–Crippen MR) is 19.7 cm³/mol. The Morgan fingerprint density at radius 2 is 2.33 bits per heavy atom. The van der Waals surface area contributed by atoms with Crippen LogP contribution in [0.1, 0.15) is 0 Å². The largest absolute Gasteiger partial charge is 0.452 e. The molecule has 0 fully saturated rings. The minimum absolute atomic E-state index is 0. The van der Waals surface area contributed by atoms with Crippen LogP contribution in [0, 0.1) is 7.43 Å². The number of rotatable bonds is 0. The lowest BCUT2D eigenvalue weighted by Crippen LogP contribution is -1.38. The van der Waals surface area contributed by atoms with Gasteiger partial charge in [-0.2, -0.15) is 0 Å². The van der Waals surface area contributed by atoms with Gasteiger partial charge >= 0.3 is 0 Å². The van der Waals surface area contributed by atoms with Gasteiger partial charge in [0.15, 0.2) is 6.39 Å². The van der Waals surface area contributed by atoms with Crippen molar-refractivity contribution < 1.29 is 4.42 Å². The van der Waals surface area contributed by atoms with Crippen molar-refractivity contribution in [3.63, 3.8) is 0 Å². The van der Waals surface area contributed by atoms with Crippen molar-refractivity contribution in [3.8, 4) is 0 Å². The van der Waals surface area contributed by atoms with Crippen LogP contribution >= 0.6 is 0 Å². The van der Waals surface area contributed by atoms with Crippen LogP contribution in [0.15, 0.2) is 23.3 Å². The van der Waals surface area contributed by atoms with Crippen LogP contribution in [0.3, 0.4) is 0 Å². The average molecular weight is 81.1 g/mol. The normalized spacial score (nSPS) is 6.67. The third-order valence-electron chi connectivity index (χ3n) is 0.347. The van der Waals surface area contributed by atoms with E-state index < -0.39 is 0 Å². The van der Waals surface area contributed by atoms with Gasteiger partial charge in [-0.25, -0.2) is 4.98 Å². The first-order valence-corrected chi connectivity index (χ1v) is 1.32. The Hall–Kier alpha value is -0.790. The fraction of sp³-hybridized carbons (Fsp3) is 0. The molecule has 0 unspecified atom stereocenters. The van der Waals surface area contributed by atoms with E-state index in [1.807, 2.05) is 0 Å². The number of aromatic nitrogens is 1. The van der Waals surface area contributed by atoms with Crippen LogP contribution < -0.4 is 0 Å². The van der Waals surface area contributed by atoms with Crippen molar-refractivity contribution in [3.05, 3.63) is 26.3 Å². The molecular weight excluding hydrogens is 78.1 g/mol. The van der Waals surface area contributed by atoms with Gasteiger partial charge in [-0.05, 0) is 0 Å². The fourth-order valence-corrected chi connectivity index (χ4v) is 0.176. The van der Waals surface area contributed by atoms with E-state index in [2.05, 4.69) is 9.40 Å². The molecule has 0 atom stereocenters. The van der Waals surface area contributed by atoms with Crippen molar-refractivity contribution in [2.75, 3.05) is 0 Å². The van der Waals surface area contributed by atoms with E-state index in [-0.39, 0.29) is 7.43 Å². The second kappa shape index (κ2) is 2.45. The first kappa shape index (κ1) is 5.21. The number of nitrogens with zero attached hydrogens (tertiary/aromatic N) is 1. The summed E-state index contributed by atoms with van der Waals surface area (Å²) in [5.41, 5.74) is 0. The Labute approximate surface area is 36.8 Å². The van der Waals surface area contributed by atoms with Crippen LogP contribution in [0.2, 0.25) is 0 Å². The van der Waals surface area contributed by atoms with E-state index in [0.29, 0.717) is 0 Å². The summed E-state index contributed by atoms with van der Waals surface area (Å²) in [6, 6.07) is 0. The van der Waals surface area contributed by atoms with Crippen LogP contribution in [0.25, 0.3) is 0 Å². The van der Waals surface area contributed by atoms with Crippen molar-refractivity contribution in [2.24, 2.45) is 0 Å². The molecule has 0 aliphatic heterocycles. The van der Waals surface area contributed by atoms with Gasteiger partial charge in [0.2, 0.25) is 0 Å². The molecule has 30 valence electrons. The van der Waals surface area contributed by atoms with Crippen LogP contribution in [-0.4, -0.2) is 4.98 Å². The van der Waals surface area contributed by atoms with E-state index in [9.17, 15) is 0 Å². The lowest BCUT2D eigenvalue weighted by atomic mass is 11.0. The second-order valence-electron chi connectivity index (χ2n) is 0.676. The Kier molecular flexibility index (Phi) is 2.13. The first-order valence-electron chi connectivity index (χ1n) is 1.32. The zero-order chi connectivity index (χ0) is 3.54. The summed E-state index contributed by atoms with van der Waals surface area (Å²) in [5.74, 6) is 0. The fourth-order valence-electron chi connectivity index (χ4n) is 0.176. The van der Waals surface area contributed by atoms with E-state index in [4.69, 9.17) is 0 Å². The highest BCUT2D eigenvalue weighted by Crippen LogP contribution is 1.72. The van der Waals surface area contributed by atoms with Gasteiger partial charge in [-0.3, -0.25) is 0 Å². The molecule has 0 aliphatic rings. The number of oxazole rings is 1. The van der Waals surface area contributed by atoms with Crippen molar-refractivity contribution in [1.29, 1.82) is 0 Å². The molecule has 0 aliphatic carbocycles. The lowest BCUT2D eigenvalue weighted by Gasteiger charge is -1.47. The van der Waals surface area contributed by atoms with Crippen LogP contribution in [0.5, 0.6) is 0 Å². The molecule has 1 heterocycles. The zero-order valence-electron chi connectivity index (χ0n) is 3.09. The molecule has 0 bridgehead atoms. The maximum atomic E-state index is 4.47. The molecule has 0 aromatic carbocycles. The monoisotopic (exact) mass is 81.0 g/mol. The summed E-state index contributed by atoms with van der Waals surface area (Å²) in [6.45, 7) is 0. The topological polar surface area (TPSA) is 26.0 Å². The van der Waals surface area contributed by atoms with E-state index in [1.165, 1.54) is 12.7 Å². The third-order valence-corrected chi connectivity index (χ3v) is 0.347. The molecule has 1 aromatic heterocycles. The standard InChI is InChI=1S/C3H3NO.C/c1-2-5-3-4-1;/h1-3H;. The van der Waals surface area contributed by atoms with E-state index in [0.717, 1.165) is 0 Å². The SMILES string of the molecule is [C].c1cocn1. The number of hydrogen-bond donors (Lipinski definition) is 0. The minimum atomic E-state index is 0. The smallest absolute Gasteiger partial charge is 0.180 e. The minimum Gasteiger partial charge on any atom is -0.452 e. The molecule has 1 rings (SSSR count). The molecule has 2 nitrogen and oxygen atoms in total. The van der Waals surface area contributed by atoms with Crippen molar-refractivity contribution >= 4 is 0 Å². The molecule has 0 saturated heterocycles. The van der Waals surface area contributed by atoms with Gasteiger partial charge in [-0.15, -0.1) is 0 Å². The van der Waals surface area contributed by atoms with E-state index in [1.54, 1.807) is 6.20 Å². The zero-order valence-corrected chi connectivity index (χ0v) is 3.09. The quantitative estimate of drug-likeness (QED) is 0.460. The lowest BCUT2D eigenvalue weighted by molar-refractivity contribution is 0.558. The molecule has 0 amide bonds. The maximum Gasteiger partial charge on any atom is 0.180 e. The molecule has 4 radical (unpaired) electrons. The van der Waals surface area contributed by atoms with E-state index >= 15 is 0 Å². The Bertz CT molecular complexity index is 64.0. The number of hydrogen-bond acceptors (Lipinski definition) is 2. The summed E-state index contributed by atoms with van der Waals surface area (Å²) in [7, 11) is 0. The van der Waals surface area contributed by atoms with Crippen LogP contribution in [0.4, 0.5) is 0 Å². The summed E-state index contributed by atoms with van der Waals surface area (Å²) < 4.78 is 4.47.